The van der Waals surface area contributed by atoms with Gasteiger partial charge in [-0.05, 0) is 134 Å². The summed E-state index contributed by atoms with van der Waals surface area (Å²) in [5.74, 6) is 4.23. The fraction of sp³-hybridized carbons (Fsp3) is 0.750. The lowest BCUT2D eigenvalue weighted by molar-refractivity contribution is 0.164. The van der Waals surface area contributed by atoms with Gasteiger partial charge in [0, 0.05) is 35.3 Å². The number of rotatable bonds is 4. The highest BCUT2D eigenvalue weighted by molar-refractivity contribution is 14.1. The minimum atomic E-state index is -0.0410. The molecule has 6 nitrogen and oxygen atoms in total. The van der Waals surface area contributed by atoms with Crippen molar-refractivity contribution >= 4 is 45.2 Å². The predicted octanol–water partition coefficient (Wildman–Crippen LogP) is 5.11. The van der Waals surface area contributed by atoms with Crippen LogP contribution in [0.3, 0.4) is 0 Å². The number of hydrogen-bond acceptors (Lipinski definition) is 4. The Morgan fingerprint density at radius 1 is 0.719 bits per heavy atom. The van der Waals surface area contributed by atoms with Gasteiger partial charge in [0.1, 0.15) is 7.40 Å². The molecule has 0 spiro atoms. The second kappa shape index (κ2) is 8.78. The van der Waals surface area contributed by atoms with Crippen LogP contribution in [0.1, 0.15) is 88.7 Å². The molecule has 2 N–H and O–H groups in total. The first kappa shape index (κ1) is 23.5. The van der Waals surface area contributed by atoms with E-state index >= 15 is 0 Å². The van der Waals surface area contributed by atoms with Crippen molar-refractivity contribution in [2.75, 3.05) is 0 Å². The van der Waals surface area contributed by atoms with Crippen LogP contribution in [0.4, 0.5) is 0 Å². The van der Waals surface area contributed by atoms with Crippen molar-refractivity contribution in [2.45, 2.75) is 89.5 Å². The molecule has 8 atom stereocenters. The number of nitrogens with zero attached hydrogens (tertiary/aromatic N) is 4. The molecule has 4 aliphatic rings. The number of fused-ring (bicyclic) bond motifs is 2. The van der Waals surface area contributed by atoms with Gasteiger partial charge in [0.25, 0.3) is 0 Å². The van der Waals surface area contributed by atoms with Crippen molar-refractivity contribution < 1.29 is 10.2 Å². The third-order valence-corrected chi connectivity index (χ3v) is 9.03. The third kappa shape index (κ3) is 4.30. The van der Waals surface area contributed by atoms with E-state index in [1.54, 1.807) is 0 Å². The van der Waals surface area contributed by atoms with Gasteiger partial charge >= 0.3 is 0 Å². The number of hydrogen-bond donors (Lipinski definition) is 2. The topological polar surface area (TPSA) is 76.1 Å². The van der Waals surface area contributed by atoms with Crippen LogP contribution < -0.4 is 0 Å². The average Bonchev–Trinajstić information content (AvgIpc) is 3.21. The zero-order valence-electron chi connectivity index (χ0n) is 19.2. The fourth-order valence-corrected chi connectivity index (χ4v) is 7.69. The molecule has 0 radical (unpaired) electrons. The van der Waals surface area contributed by atoms with Crippen LogP contribution in [-0.2, 0) is 0 Å². The lowest BCUT2D eigenvalue weighted by Gasteiger charge is -2.13. The number of aliphatic hydroxyl groups is 2. The molecule has 4 aliphatic carbocycles. The Morgan fingerprint density at radius 3 is 1.31 bits per heavy atom. The van der Waals surface area contributed by atoms with Crippen LogP contribution in [0.2, 0.25) is 0 Å². The van der Waals surface area contributed by atoms with E-state index in [0.29, 0.717) is 23.9 Å². The zero-order chi connectivity index (χ0) is 22.9. The van der Waals surface area contributed by atoms with E-state index in [2.05, 4.69) is 105 Å². The molecule has 32 heavy (non-hydrogen) atoms. The molecule has 8 heteroatoms. The quantitative estimate of drug-likeness (QED) is 0.446. The number of aliphatic hydroxyl groups excluding tert-OH is 2. The molecule has 2 aromatic heterocycles. The van der Waals surface area contributed by atoms with Gasteiger partial charge < -0.3 is 10.2 Å². The Labute approximate surface area is 217 Å². The largest absolute Gasteiger partial charge is 0.393 e. The number of halogens is 2. The maximum Gasteiger partial charge on any atom is 0.123 e. The van der Waals surface area contributed by atoms with E-state index in [0.717, 1.165) is 56.8 Å². The molecule has 6 rings (SSSR count). The first-order chi connectivity index (χ1) is 15.2. The molecule has 4 saturated carbocycles. The monoisotopic (exact) mass is 664 g/mol. The average molecular weight is 664 g/mol. The van der Waals surface area contributed by atoms with E-state index in [1.807, 2.05) is 0 Å². The van der Waals surface area contributed by atoms with Crippen LogP contribution in [0, 0.1) is 31.1 Å². The molecule has 4 fully saturated rings. The van der Waals surface area contributed by atoms with Crippen molar-refractivity contribution in [1.29, 1.82) is 0 Å². The summed E-state index contributed by atoms with van der Waals surface area (Å²) in [6.07, 6.45) is 3.90. The molecule has 0 bridgehead atoms. The maximum absolute atomic E-state index is 9.55. The predicted molar refractivity (Wildman–Crippen MR) is 141 cm³/mol. The standard InChI is InChI=1S/2C12H17IN2O/c2*1-6(2)15-10(5-11(13)14-15)12-8-3-7(16)4-9(8)12/h2*5-9,12,16H,3-4H2,1-2H3/t2*7?,8-,9+,12?. The molecule has 176 valence electrons. The van der Waals surface area contributed by atoms with Crippen LogP contribution >= 0.6 is 45.2 Å². The normalized spacial score (nSPS) is 36.8. The summed E-state index contributed by atoms with van der Waals surface area (Å²) in [6, 6.07) is 5.31. The summed E-state index contributed by atoms with van der Waals surface area (Å²) in [6.45, 7) is 8.72. The summed E-state index contributed by atoms with van der Waals surface area (Å²) < 4.78 is 6.51. The highest BCUT2D eigenvalue weighted by atomic mass is 127. The van der Waals surface area contributed by atoms with Gasteiger partial charge in [-0.15, -0.1) is 0 Å². The summed E-state index contributed by atoms with van der Waals surface area (Å²) in [5, 5.41) is 28.2. The lowest BCUT2D eigenvalue weighted by atomic mass is 10.1. The van der Waals surface area contributed by atoms with E-state index in [-0.39, 0.29) is 12.2 Å². The van der Waals surface area contributed by atoms with E-state index in [9.17, 15) is 10.2 Å². The zero-order valence-corrected chi connectivity index (χ0v) is 23.5. The Kier molecular flexibility index (Phi) is 6.46. The van der Waals surface area contributed by atoms with Gasteiger partial charge in [-0.25, -0.2) is 0 Å². The Balaban J connectivity index is 0.000000135. The smallest absolute Gasteiger partial charge is 0.123 e. The molecular weight excluding hydrogens is 630 g/mol. The van der Waals surface area contributed by atoms with Crippen molar-refractivity contribution in [2.24, 2.45) is 23.7 Å². The van der Waals surface area contributed by atoms with Crippen LogP contribution in [0.15, 0.2) is 12.1 Å². The molecule has 0 saturated heterocycles. The van der Waals surface area contributed by atoms with E-state index < -0.39 is 0 Å². The lowest BCUT2D eigenvalue weighted by Crippen LogP contribution is -2.10. The summed E-state index contributed by atoms with van der Waals surface area (Å²) in [4.78, 5) is 0. The SMILES string of the molecule is CC(C)n1nc(I)cc1C1[C@H]2CC(O)C[C@@H]12.CC(C)n1nc(I)cc1C1[C@H]2CC(O)C[C@@H]12. The minimum Gasteiger partial charge on any atom is -0.393 e. The van der Waals surface area contributed by atoms with Gasteiger partial charge in [-0.3, -0.25) is 9.36 Å². The van der Waals surface area contributed by atoms with Crippen molar-refractivity contribution in [3.05, 3.63) is 30.9 Å². The molecule has 0 aromatic carbocycles. The molecule has 2 heterocycles. The summed E-state index contributed by atoms with van der Waals surface area (Å²) in [7, 11) is 0. The Hall–Kier alpha value is -0.200. The highest BCUT2D eigenvalue weighted by Crippen LogP contribution is 2.64. The van der Waals surface area contributed by atoms with Crippen molar-refractivity contribution in [1.82, 2.24) is 19.6 Å². The van der Waals surface area contributed by atoms with E-state index in [1.165, 1.54) is 11.4 Å². The molecule has 0 aliphatic heterocycles. The Bertz CT molecular complexity index is 885. The van der Waals surface area contributed by atoms with Crippen LogP contribution in [0.25, 0.3) is 0 Å². The molecule has 0 amide bonds. The maximum atomic E-state index is 9.55. The van der Waals surface area contributed by atoms with Crippen LogP contribution in [-0.4, -0.2) is 42.0 Å². The summed E-state index contributed by atoms with van der Waals surface area (Å²) >= 11 is 4.58. The fourth-order valence-electron chi connectivity index (χ4n) is 6.58. The summed E-state index contributed by atoms with van der Waals surface area (Å²) in [5.41, 5.74) is 2.78. The first-order valence-electron chi connectivity index (χ1n) is 12.0. The molecule has 2 aromatic rings. The van der Waals surface area contributed by atoms with E-state index in [4.69, 9.17) is 0 Å². The highest BCUT2D eigenvalue weighted by Gasteiger charge is 2.58. The Morgan fingerprint density at radius 2 is 1.03 bits per heavy atom. The minimum absolute atomic E-state index is 0.0410. The van der Waals surface area contributed by atoms with Crippen molar-refractivity contribution in [3.63, 3.8) is 0 Å². The van der Waals surface area contributed by atoms with Crippen LogP contribution in [0.5, 0.6) is 0 Å². The van der Waals surface area contributed by atoms with Gasteiger partial charge in [-0.2, -0.15) is 10.2 Å². The second-order valence-electron chi connectivity index (χ2n) is 10.8. The second-order valence-corrected chi connectivity index (χ2v) is 13.0. The van der Waals surface area contributed by atoms with Gasteiger partial charge in [0.05, 0.1) is 12.2 Å². The van der Waals surface area contributed by atoms with Crippen molar-refractivity contribution in [3.8, 4) is 0 Å². The molecule has 4 unspecified atom stereocenters. The molecular formula is C24H34I2N4O2. The van der Waals surface area contributed by atoms with Gasteiger partial charge in [0.15, 0.2) is 0 Å². The first-order valence-corrected chi connectivity index (χ1v) is 14.2. The van der Waals surface area contributed by atoms with Gasteiger partial charge in [0.2, 0.25) is 0 Å². The number of aromatic nitrogens is 4. The third-order valence-electron chi connectivity index (χ3n) is 7.97. The van der Waals surface area contributed by atoms with Gasteiger partial charge in [-0.1, -0.05) is 0 Å².